The van der Waals surface area contributed by atoms with Crippen LogP contribution in [0, 0.1) is 5.82 Å². The van der Waals surface area contributed by atoms with E-state index in [1.165, 1.54) is 6.07 Å². The van der Waals surface area contributed by atoms with Crippen LogP contribution in [-0.4, -0.2) is 9.78 Å². The standard InChI is InChI=1S/C11H11FN2/c1-2-9-7-13-14(8-9)11-6-4-3-5-10(11)12/h3-8H,2H2,1H3. The molecule has 0 fully saturated rings. The lowest BCUT2D eigenvalue weighted by Gasteiger charge is -2.01. The van der Waals surface area contributed by atoms with Gasteiger partial charge in [-0.3, -0.25) is 0 Å². The number of nitrogens with zero attached hydrogens (tertiary/aromatic N) is 2. The van der Waals surface area contributed by atoms with Gasteiger partial charge in [0.25, 0.3) is 0 Å². The van der Waals surface area contributed by atoms with Crippen LogP contribution in [0.3, 0.4) is 0 Å². The molecule has 72 valence electrons. The van der Waals surface area contributed by atoms with Crippen LogP contribution in [0.15, 0.2) is 36.7 Å². The van der Waals surface area contributed by atoms with Gasteiger partial charge in [0.05, 0.1) is 6.20 Å². The van der Waals surface area contributed by atoms with Crippen molar-refractivity contribution in [3.63, 3.8) is 0 Å². The molecule has 0 amide bonds. The Bertz CT molecular complexity index is 434. The zero-order valence-electron chi connectivity index (χ0n) is 7.94. The summed E-state index contributed by atoms with van der Waals surface area (Å²) in [7, 11) is 0. The Morgan fingerprint density at radius 3 is 2.79 bits per heavy atom. The summed E-state index contributed by atoms with van der Waals surface area (Å²) in [6.45, 7) is 2.04. The predicted octanol–water partition coefficient (Wildman–Crippen LogP) is 2.57. The maximum atomic E-state index is 13.3. The summed E-state index contributed by atoms with van der Waals surface area (Å²) in [5, 5.41) is 4.09. The third kappa shape index (κ3) is 1.53. The van der Waals surface area contributed by atoms with E-state index in [1.807, 2.05) is 13.1 Å². The van der Waals surface area contributed by atoms with E-state index in [9.17, 15) is 4.39 Å². The second-order valence-corrected chi connectivity index (χ2v) is 3.10. The fourth-order valence-electron chi connectivity index (χ4n) is 1.31. The highest BCUT2D eigenvalue weighted by Gasteiger charge is 2.03. The average molecular weight is 190 g/mol. The van der Waals surface area contributed by atoms with Crippen molar-refractivity contribution in [1.29, 1.82) is 0 Å². The number of benzene rings is 1. The Morgan fingerprint density at radius 2 is 2.14 bits per heavy atom. The summed E-state index contributed by atoms with van der Waals surface area (Å²) in [6, 6.07) is 6.61. The molecule has 0 spiro atoms. The number of hydrogen-bond donors (Lipinski definition) is 0. The molecule has 1 aromatic carbocycles. The molecular weight excluding hydrogens is 179 g/mol. The lowest BCUT2D eigenvalue weighted by Crippen LogP contribution is -1.97. The molecule has 2 rings (SSSR count). The van der Waals surface area contributed by atoms with Crippen molar-refractivity contribution in [2.45, 2.75) is 13.3 Å². The van der Waals surface area contributed by atoms with Gasteiger partial charge >= 0.3 is 0 Å². The summed E-state index contributed by atoms with van der Waals surface area (Å²) in [6.07, 6.45) is 4.51. The van der Waals surface area contributed by atoms with Crippen molar-refractivity contribution in [3.8, 4) is 5.69 Å². The number of halogens is 1. The van der Waals surface area contributed by atoms with Crippen LogP contribution < -0.4 is 0 Å². The fraction of sp³-hybridized carbons (Fsp3) is 0.182. The van der Waals surface area contributed by atoms with Gasteiger partial charge in [-0.25, -0.2) is 9.07 Å². The van der Waals surface area contributed by atoms with Gasteiger partial charge in [-0.15, -0.1) is 0 Å². The molecule has 2 aromatic rings. The third-order valence-corrected chi connectivity index (χ3v) is 2.14. The fourth-order valence-corrected chi connectivity index (χ4v) is 1.31. The van der Waals surface area contributed by atoms with Gasteiger partial charge in [0.15, 0.2) is 0 Å². The Labute approximate surface area is 82.0 Å². The lowest BCUT2D eigenvalue weighted by atomic mass is 10.3. The largest absolute Gasteiger partial charge is 0.238 e. The Balaban J connectivity index is 2.44. The van der Waals surface area contributed by atoms with Crippen LogP contribution in [0.25, 0.3) is 5.69 Å². The lowest BCUT2D eigenvalue weighted by molar-refractivity contribution is 0.611. The molecule has 0 radical (unpaired) electrons. The maximum absolute atomic E-state index is 13.3. The van der Waals surface area contributed by atoms with E-state index in [-0.39, 0.29) is 5.82 Å². The highest BCUT2D eigenvalue weighted by atomic mass is 19.1. The van der Waals surface area contributed by atoms with Gasteiger partial charge in [0, 0.05) is 6.20 Å². The minimum atomic E-state index is -0.252. The predicted molar refractivity (Wildman–Crippen MR) is 52.9 cm³/mol. The van der Waals surface area contributed by atoms with E-state index < -0.39 is 0 Å². The summed E-state index contributed by atoms with van der Waals surface area (Å²) in [5.74, 6) is -0.252. The van der Waals surface area contributed by atoms with Gasteiger partial charge in [0.2, 0.25) is 0 Å². The Kier molecular flexibility index (Phi) is 2.31. The molecule has 0 aliphatic carbocycles. The van der Waals surface area contributed by atoms with Crippen molar-refractivity contribution in [2.24, 2.45) is 0 Å². The van der Waals surface area contributed by atoms with E-state index >= 15 is 0 Å². The second kappa shape index (κ2) is 3.62. The van der Waals surface area contributed by atoms with Gasteiger partial charge in [-0.1, -0.05) is 19.1 Å². The van der Waals surface area contributed by atoms with Crippen LogP contribution in [0.2, 0.25) is 0 Å². The highest BCUT2D eigenvalue weighted by Crippen LogP contribution is 2.12. The molecule has 0 bridgehead atoms. The molecule has 0 saturated carbocycles. The average Bonchev–Trinajstić information content (AvgIpc) is 2.67. The molecule has 0 unspecified atom stereocenters. The van der Waals surface area contributed by atoms with Gasteiger partial charge in [0.1, 0.15) is 11.5 Å². The molecule has 0 atom stereocenters. The van der Waals surface area contributed by atoms with E-state index in [1.54, 1.807) is 29.1 Å². The summed E-state index contributed by atoms with van der Waals surface area (Å²) in [5.41, 5.74) is 1.60. The third-order valence-electron chi connectivity index (χ3n) is 2.14. The number of rotatable bonds is 2. The number of aryl methyl sites for hydroxylation is 1. The van der Waals surface area contributed by atoms with Crippen molar-refractivity contribution in [1.82, 2.24) is 9.78 Å². The Hall–Kier alpha value is -1.64. The van der Waals surface area contributed by atoms with E-state index in [2.05, 4.69) is 5.10 Å². The monoisotopic (exact) mass is 190 g/mol. The molecule has 1 heterocycles. The molecule has 14 heavy (non-hydrogen) atoms. The molecule has 2 nitrogen and oxygen atoms in total. The first-order chi connectivity index (χ1) is 6.81. The molecule has 0 saturated heterocycles. The van der Waals surface area contributed by atoms with Crippen LogP contribution in [0.4, 0.5) is 4.39 Å². The zero-order chi connectivity index (χ0) is 9.97. The second-order valence-electron chi connectivity index (χ2n) is 3.10. The van der Waals surface area contributed by atoms with Gasteiger partial charge < -0.3 is 0 Å². The van der Waals surface area contributed by atoms with Crippen molar-refractivity contribution >= 4 is 0 Å². The van der Waals surface area contributed by atoms with Crippen molar-refractivity contribution < 1.29 is 4.39 Å². The minimum absolute atomic E-state index is 0.252. The van der Waals surface area contributed by atoms with E-state index in [0.717, 1.165) is 12.0 Å². The highest BCUT2D eigenvalue weighted by molar-refractivity contribution is 5.32. The summed E-state index contributed by atoms with van der Waals surface area (Å²) >= 11 is 0. The number of aromatic nitrogens is 2. The topological polar surface area (TPSA) is 17.8 Å². The van der Waals surface area contributed by atoms with Gasteiger partial charge in [-0.2, -0.15) is 5.10 Å². The van der Waals surface area contributed by atoms with Crippen LogP contribution in [-0.2, 0) is 6.42 Å². The van der Waals surface area contributed by atoms with Crippen LogP contribution >= 0.6 is 0 Å². The quantitative estimate of drug-likeness (QED) is 0.711. The SMILES string of the molecule is CCc1cnn(-c2ccccc2F)c1. The van der Waals surface area contributed by atoms with E-state index in [0.29, 0.717) is 5.69 Å². The van der Waals surface area contributed by atoms with Crippen LogP contribution in [0.5, 0.6) is 0 Å². The molecular formula is C11H11FN2. The summed E-state index contributed by atoms with van der Waals surface area (Å²) < 4.78 is 14.9. The van der Waals surface area contributed by atoms with Gasteiger partial charge in [-0.05, 0) is 24.1 Å². The van der Waals surface area contributed by atoms with Crippen molar-refractivity contribution in [2.75, 3.05) is 0 Å². The Morgan fingerprint density at radius 1 is 1.36 bits per heavy atom. The first-order valence-corrected chi connectivity index (χ1v) is 4.59. The number of para-hydroxylation sites is 1. The molecule has 0 N–H and O–H groups in total. The first kappa shape index (κ1) is 8.94. The minimum Gasteiger partial charge on any atom is -0.238 e. The van der Waals surface area contributed by atoms with E-state index in [4.69, 9.17) is 0 Å². The maximum Gasteiger partial charge on any atom is 0.148 e. The molecule has 0 aliphatic rings. The number of hydrogen-bond acceptors (Lipinski definition) is 1. The summed E-state index contributed by atoms with van der Waals surface area (Å²) in [4.78, 5) is 0. The van der Waals surface area contributed by atoms with Crippen LogP contribution in [0.1, 0.15) is 12.5 Å². The normalized spacial score (nSPS) is 10.4. The first-order valence-electron chi connectivity index (χ1n) is 4.59. The van der Waals surface area contributed by atoms with Crippen molar-refractivity contribution in [3.05, 3.63) is 48.0 Å². The zero-order valence-corrected chi connectivity index (χ0v) is 7.94. The smallest absolute Gasteiger partial charge is 0.148 e. The molecule has 0 aliphatic heterocycles. The molecule has 1 aromatic heterocycles. The molecule has 3 heteroatoms.